The summed E-state index contributed by atoms with van der Waals surface area (Å²) in [4.78, 5) is 25.7. The molecule has 3 aromatic heterocycles. The quantitative estimate of drug-likeness (QED) is 0.316. The molecule has 0 saturated heterocycles. The third-order valence-corrected chi connectivity index (χ3v) is 5.83. The number of carbonyl (C=O) groups excluding carboxylic acids is 1. The highest BCUT2D eigenvalue weighted by Gasteiger charge is 2.37. The van der Waals surface area contributed by atoms with Gasteiger partial charge in [0, 0.05) is 46.1 Å². The van der Waals surface area contributed by atoms with E-state index >= 15 is 0 Å². The Bertz CT molecular complexity index is 1570. The summed E-state index contributed by atoms with van der Waals surface area (Å²) in [7, 11) is 0. The molecular weight excluding hydrogens is 477 g/mol. The van der Waals surface area contributed by atoms with Gasteiger partial charge in [-0.3, -0.25) is 19.7 Å². The van der Waals surface area contributed by atoms with Crippen LogP contribution in [0.5, 0.6) is 0 Å². The molecule has 0 aliphatic rings. The van der Waals surface area contributed by atoms with E-state index in [-0.39, 0.29) is 11.3 Å². The standard InChI is InChI=1S/C26H16ClF3N4O/c27-20-5-6-22-18(12-20)11-19(14-33-22)23(24-21(26(28,29)30)2-1-8-32-24)34-25(35)16-3-4-17-13-31-9-7-15(17)10-16/h1-14,23H,(H,34,35)/t23-/m0/s1. The number of aromatic nitrogens is 3. The van der Waals surface area contributed by atoms with Gasteiger partial charge in [-0.1, -0.05) is 17.7 Å². The largest absolute Gasteiger partial charge is 0.418 e. The van der Waals surface area contributed by atoms with Gasteiger partial charge in [-0.05, 0) is 65.5 Å². The summed E-state index contributed by atoms with van der Waals surface area (Å²) in [6.07, 6.45) is 1.29. The predicted octanol–water partition coefficient (Wildman–Crippen LogP) is 6.37. The molecular formula is C26H16ClF3N4O. The molecule has 1 N–H and O–H groups in total. The van der Waals surface area contributed by atoms with Crippen molar-refractivity contribution in [3.05, 3.63) is 113 Å². The van der Waals surface area contributed by atoms with Crippen molar-refractivity contribution in [1.82, 2.24) is 20.3 Å². The summed E-state index contributed by atoms with van der Waals surface area (Å²) in [5.41, 5.74) is -0.0386. The molecule has 1 amide bonds. The Hall–Kier alpha value is -4.04. The normalized spacial score (nSPS) is 12.6. The van der Waals surface area contributed by atoms with Crippen molar-refractivity contribution in [3.63, 3.8) is 0 Å². The van der Waals surface area contributed by atoms with Gasteiger partial charge < -0.3 is 5.32 Å². The van der Waals surface area contributed by atoms with Crippen LogP contribution in [-0.2, 0) is 6.18 Å². The van der Waals surface area contributed by atoms with E-state index in [1.807, 2.05) is 0 Å². The topological polar surface area (TPSA) is 67.8 Å². The van der Waals surface area contributed by atoms with Crippen LogP contribution in [0.4, 0.5) is 13.2 Å². The van der Waals surface area contributed by atoms with E-state index in [2.05, 4.69) is 20.3 Å². The molecule has 174 valence electrons. The second kappa shape index (κ2) is 8.96. The predicted molar refractivity (Wildman–Crippen MR) is 127 cm³/mol. The summed E-state index contributed by atoms with van der Waals surface area (Å²) < 4.78 is 41.6. The van der Waals surface area contributed by atoms with E-state index in [0.717, 1.165) is 16.8 Å². The van der Waals surface area contributed by atoms with Gasteiger partial charge in [0.2, 0.25) is 0 Å². The van der Waals surface area contributed by atoms with Crippen LogP contribution in [-0.4, -0.2) is 20.9 Å². The number of alkyl halides is 3. The molecule has 9 heteroatoms. The zero-order valence-electron chi connectivity index (χ0n) is 17.9. The molecule has 0 fully saturated rings. The van der Waals surface area contributed by atoms with Gasteiger partial charge in [0.1, 0.15) is 0 Å². The van der Waals surface area contributed by atoms with Crippen LogP contribution in [0.1, 0.15) is 33.2 Å². The van der Waals surface area contributed by atoms with E-state index in [4.69, 9.17) is 11.6 Å². The molecule has 0 aliphatic heterocycles. The van der Waals surface area contributed by atoms with Gasteiger partial charge in [0.15, 0.2) is 0 Å². The number of fused-ring (bicyclic) bond motifs is 2. The maximum Gasteiger partial charge on any atom is 0.418 e. The van der Waals surface area contributed by atoms with Gasteiger partial charge in [0.05, 0.1) is 22.8 Å². The minimum Gasteiger partial charge on any atom is -0.339 e. The molecule has 0 radical (unpaired) electrons. The Morgan fingerprint density at radius 1 is 0.886 bits per heavy atom. The lowest BCUT2D eigenvalue weighted by molar-refractivity contribution is -0.138. The van der Waals surface area contributed by atoms with Crippen LogP contribution >= 0.6 is 11.6 Å². The Morgan fingerprint density at radius 2 is 1.74 bits per heavy atom. The number of nitrogens with one attached hydrogen (secondary N) is 1. The molecule has 2 aromatic carbocycles. The maximum atomic E-state index is 13.9. The molecule has 5 nitrogen and oxygen atoms in total. The van der Waals surface area contributed by atoms with Gasteiger partial charge in [-0.2, -0.15) is 13.2 Å². The van der Waals surface area contributed by atoms with Crippen LogP contribution in [0, 0.1) is 0 Å². The molecule has 0 bridgehead atoms. The smallest absolute Gasteiger partial charge is 0.339 e. The summed E-state index contributed by atoms with van der Waals surface area (Å²) in [6.45, 7) is 0. The van der Waals surface area contributed by atoms with Gasteiger partial charge >= 0.3 is 6.18 Å². The minimum atomic E-state index is -4.67. The average molecular weight is 493 g/mol. The zero-order valence-corrected chi connectivity index (χ0v) is 18.7. The van der Waals surface area contributed by atoms with Crippen molar-refractivity contribution in [2.45, 2.75) is 12.2 Å². The number of halogens is 4. The maximum absolute atomic E-state index is 13.9. The van der Waals surface area contributed by atoms with Crippen molar-refractivity contribution < 1.29 is 18.0 Å². The zero-order chi connectivity index (χ0) is 24.6. The van der Waals surface area contributed by atoms with Crippen LogP contribution < -0.4 is 5.32 Å². The monoisotopic (exact) mass is 492 g/mol. The van der Waals surface area contributed by atoms with Crippen LogP contribution in [0.25, 0.3) is 21.7 Å². The van der Waals surface area contributed by atoms with E-state index < -0.39 is 23.7 Å². The first kappa shape index (κ1) is 22.7. The minimum absolute atomic E-state index is 0.287. The third kappa shape index (κ3) is 4.65. The fourth-order valence-corrected chi connectivity index (χ4v) is 4.09. The lowest BCUT2D eigenvalue weighted by Crippen LogP contribution is -2.31. The molecule has 3 heterocycles. The Morgan fingerprint density at radius 3 is 2.57 bits per heavy atom. The molecule has 35 heavy (non-hydrogen) atoms. The van der Waals surface area contributed by atoms with Gasteiger partial charge in [-0.25, -0.2) is 0 Å². The highest BCUT2D eigenvalue weighted by Crippen LogP contribution is 2.36. The number of rotatable bonds is 4. The number of hydrogen-bond donors (Lipinski definition) is 1. The Balaban J connectivity index is 1.62. The number of benzene rings is 2. The second-order valence-electron chi connectivity index (χ2n) is 7.88. The lowest BCUT2D eigenvalue weighted by Gasteiger charge is -2.22. The Labute approximate surface area is 202 Å². The van der Waals surface area contributed by atoms with Crippen molar-refractivity contribution in [3.8, 4) is 0 Å². The van der Waals surface area contributed by atoms with Crippen molar-refractivity contribution in [1.29, 1.82) is 0 Å². The molecule has 0 aliphatic carbocycles. The number of nitrogens with zero attached hydrogens (tertiary/aromatic N) is 3. The Kier molecular flexibility index (Phi) is 5.82. The number of pyridine rings is 3. The number of amides is 1. The van der Waals surface area contributed by atoms with E-state index in [1.165, 1.54) is 18.5 Å². The summed E-state index contributed by atoms with van der Waals surface area (Å²) >= 11 is 6.10. The number of carbonyl (C=O) groups is 1. The van der Waals surface area contributed by atoms with Crippen LogP contribution in [0.2, 0.25) is 5.02 Å². The van der Waals surface area contributed by atoms with Gasteiger partial charge in [0.25, 0.3) is 5.91 Å². The van der Waals surface area contributed by atoms with E-state index in [9.17, 15) is 18.0 Å². The number of hydrogen-bond acceptors (Lipinski definition) is 4. The van der Waals surface area contributed by atoms with Gasteiger partial charge in [-0.15, -0.1) is 0 Å². The summed E-state index contributed by atoms with van der Waals surface area (Å²) in [5.74, 6) is -0.557. The van der Waals surface area contributed by atoms with E-state index in [0.29, 0.717) is 21.5 Å². The van der Waals surface area contributed by atoms with Crippen LogP contribution in [0.15, 0.2) is 85.5 Å². The van der Waals surface area contributed by atoms with E-state index in [1.54, 1.807) is 60.9 Å². The first-order chi connectivity index (χ1) is 16.8. The molecule has 1 atom stereocenters. The second-order valence-corrected chi connectivity index (χ2v) is 8.32. The lowest BCUT2D eigenvalue weighted by atomic mass is 9.98. The molecule has 5 rings (SSSR count). The first-order valence-corrected chi connectivity index (χ1v) is 10.9. The SMILES string of the molecule is O=C(N[C@@H](c1cnc2ccc(Cl)cc2c1)c1ncccc1C(F)(F)F)c1ccc2cnccc2c1. The van der Waals surface area contributed by atoms with Crippen LogP contribution in [0.3, 0.4) is 0 Å². The van der Waals surface area contributed by atoms with Crippen molar-refractivity contribution >= 4 is 39.2 Å². The molecule has 5 aromatic rings. The average Bonchev–Trinajstić information content (AvgIpc) is 2.86. The highest BCUT2D eigenvalue weighted by atomic mass is 35.5. The molecule has 0 saturated carbocycles. The van der Waals surface area contributed by atoms with Crippen molar-refractivity contribution in [2.24, 2.45) is 0 Å². The molecule has 0 spiro atoms. The fourth-order valence-electron chi connectivity index (χ4n) is 3.91. The van der Waals surface area contributed by atoms with Crippen molar-refractivity contribution in [2.75, 3.05) is 0 Å². The fraction of sp³-hybridized carbons (Fsp3) is 0.0769. The summed E-state index contributed by atoms with van der Waals surface area (Å²) in [5, 5.41) is 5.42. The highest BCUT2D eigenvalue weighted by molar-refractivity contribution is 6.31. The molecule has 0 unspecified atom stereocenters. The first-order valence-electron chi connectivity index (χ1n) is 10.5. The summed E-state index contributed by atoms with van der Waals surface area (Å²) in [6, 6.07) is 14.4. The third-order valence-electron chi connectivity index (χ3n) is 5.59.